The van der Waals surface area contributed by atoms with Crippen molar-refractivity contribution in [2.45, 2.75) is 78.6 Å². The van der Waals surface area contributed by atoms with Crippen molar-refractivity contribution in [2.24, 2.45) is 64.6 Å². The molecule has 6 aliphatic rings. The van der Waals surface area contributed by atoms with Crippen LogP contribution < -0.4 is 0 Å². The van der Waals surface area contributed by atoms with Gasteiger partial charge in [-0.3, -0.25) is 4.79 Å². The van der Waals surface area contributed by atoms with Crippen molar-refractivity contribution in [1.29, 1.82) is 0 Å². The Hall–Kier alpha value is -1.65. The molecule has 0 bridgehead atoms. The zero-order valence-corrected chi connectivity index (χ0v) is 21.4. The van der Waals surface area contributed by atoms with Crippen LogP contribution in [0.25, 0.3) is 6.08 Å². The van der Waals surface area contributed by atoms with Gasteiger partial charge in [0.2, 0.25) is 0 Å². The van der Waals surface area contributed by atoms with E-state index in [0.717, 1.165) is 71.4 Å². The van der Waals surface area contributed by atoms with Crippen molar-refractivity contribution in [1.82, 2.24) is 15.0 Å². The van der Waals surface area contributed by atoms with Gasteiger partial charge in [-0.2, -0.15) is 4.68 Å². The second kappa shape index (κ2) is 7.43. The molecular weight excluding hydrogens is 422 g/mol. The van der Waals surface area contributed by atoms with E-state index in [9.17, 15) is 4.79 Å². The van der Waals surface area contributed by atoms with E-state index in [1.54, 1.807) is 11.8 Å². The van der Waals surface area contributed by atoms with E-state index < -0.39 is 0 Å². The summed E-state index contributed by atoms with van der Waals surface area (Å²) in [5.41, 5.74) is 1.94. The van der Waals surface area contributed by atoms with E-state index in [1.807, 2.05) is 6.08 Å². The maximum Gasteiger partial charge on any atom is 0.252 e. The molecule has 0 aromatic carbocycles. The second-order valence-electron chi connectivity index (χ2n) is 13.3. The van der Waals surface area contributed by atoms with Gasteiger partial charge in [-0.1, -0.05) is 32.4 Å². The molecule has 6 aliphatic carbocycles. The Balaban J connectivity index is 1.21. The number of hydrogen-bond acceptors (Lipinski definition) is 4. The fourth-order valence-electron chi connectivity index (χ4n) is 10.5. The predicted octanol–water partition coefficient (Wildman–Crippen LogP) is 5.86. The number of ether oxygens (including phenoxy) is 1. The van der Waals surface area contributed by atoms with Gasteiger partial charge in [0.1, 0.15) is 0 Å². The third kappa shape index (κ3) is 2.82. The molecule has 3 unspecified atom stereocenters. The number of rotatable bonds is 2. The lowest BCUT2D eigenvalue weighted by Crippen LogP contribution is -2.51. The lowest BCUT2D eigenvalue weighted by atomic mass is 9.48. The largest absolute Gasteiger partial charge is 0.501 e. The number of carbonyl (C=O) groups is 1. The molecule has 0 spiro atoms. The first kappa shape index (κ1) is 21.6. The van der Waals surface area contributed by atoms with Gasteiger partial charge in [0.15, 0.2) is 0 Å². The number of allylic oxidation sites excluding steroid dienone is 1. The topological polar surface area (TPSA) is 57.0 Å². The van der Waals surface area contributed by atoms with Gasteiger partial charge in [0.05, 0.1) is 24.3 Å². The number of aromatic nitrogens is 3. The lowest BCUT2D eigenvalue weighted by Gasteiger charge is -2.57. The molecule has 1 aromatic rings. The standard InChI is InChI=1S/C29H41N3O2/c1-15-5-8-19-17(13-15)6-9-21-20(19)11-12-29(3)26(21)24-16(2)25(24)27(29)28(33)32-23-14-18(34-4)7-10-22(23)30-31-32/h14-17,19-21,24-27H,5-13H2,1-4H3/t15-,16-,17+,19-,20?,21+,24+,25?,26?,27+,29-/m0/s1. The van der Waals surface area contributed by atoms with Crippen LogP contribution in [0.15, 0.2) is 5.76 Å². The molecule has 34 heavy (non-hydrogen) atoms. The first-order chi connectivity index (χ1) is 16.4. The lowest BCUT2D eigenvalue weighted by molar-refractivity contribution is -0.0793. The highest BCUT2D eigenvalue weighted by molar-refractivity contribution is 5.85. The van der Waals surface area contributed by atoms with Crippen molar-refractivity contribution in [3.05, 3.63) is 17.1 Å². The highest BCUT2D eigenvalue weighted by Crippen LogP contribution is 2.77. The van der Waals surface area contributed by atoms with Crippen LogP contribution in [-0.2, 0) is 11.2 Å². The van der Waals surface area contributed by atoms with Crippen molar-refractivity contribution >= 4 is 12.0 Å². The minimum atomic E-state index is 0.0923. The molecule has 0 saturated heterocycles. The van der Waals surface area contributed by atoms with E-state index in [0.29, 0.717) is 11.8 Å². The zero-order valence-electron chi connectivity index (χ0n) is 21.4. The Labute approximate surface area is 204 Å². The van der Waals surface area contributed by atoms with Gasteiger partial charge in [0.25, 0.3) is 5.91 Å². The van der Waals surface area contributed by atoms with Gasteiger partial charge in [-0.25, -0.2) is 0 Å². The Bertz CT molecular complexity index is 1040. The number of fused-ring (bicyclic) bond motifs is 8. The number of methoxy groups -OCH3 is 1. The van der Waals surface area contributed by atoms with Crippen LogP contribution in [0.5, 0.6) is 0 Å². The number of carbonyl (C=O) groups excluding carboxylic acids is 1. The fraction of sp³-hybridized carbons (Fsp3) is 0.828. The summed E-state index contributed by atoms with van der Waals surface area (Å²) in [6, 6.07) is 0. The summed E-state index contributed by atoms with van der Waals surface area (Å²) in [6.07, 6.45) is 13.4. The first-order valence-corrected chi connectivity index (χ1v) is 14.2. The summed E-state index contributed by atoms with van der Waals surface area (Å²) in [5.74, 6) is 8.54. The summed E-state index contributed by atoms with van der Waals surface area (Å²) in [4.78, 5) is 14.2. The molecule has 0 radical (unpaired) electrons. The third-order valence-electron chi connectivity index (χ3n) is 12.0. The monoisotopic (exact) mass is 463 g/mol. The maximum atomic E-state index is 14.2. The van der Waals surface area contributed by atoms with Crippen LogP contribution in [0.3, 0.4) is 0 Å². The molecule has 5 heteroatoms. The Morgan fingerprint density at radius 1 is 1.06 bits per heavy atom. The van der Waals surface area contributed by atoms with Crippen molar-refractivity contribution in [3.8, 4) is 0 Å². The van der Waals surface area contributed by atoms with Gasteiger partial charge in [-0.15, -0.1) is 5.10 Å². The molecule has 5 nitrogen and oxygen atoms in total. The van der Waals surface area contributed by atoms with Gasteiger partial charge < -0.3 is 4.74 Å². The molecule has 1 aromatic heterocycles. The Morgan fingerprint density at radius 3 is 2.71 bits per heavy atom. The van der Waals surface area contributed by atoms with Crippen molar-refractivity contribution in [2.75, 3.05) is 7.11 Å². The second-order valence-corrected chi connectivity index (χ2v) is 13.3. The first-order valence-electron chi connectivity index (χ1n) is 14.2. The Morgan fingerprint density at radius 2 is 1.88 bits per heavy atom. The summed E-state index contributed by atoms with van der Waals surface area (Å²) < 4.78 is 7.19. The highest BCUT2D eigenvalue weighted by Gasteiger charge is 2.74. The number of hydrogen-bond donors (Lipinski definition) is 0. The van der Waals surface area contributed by atoms with Gasteiger partial charge in [0, 0.05) is 24.8 Å². The molecule has 11 atom stereocenters. The molecule has 1 heterocycles. The molecule has 184 valence electrons. The fourth-order valence-corrected chi connectivity index (χ4v) is 10.5. The van der Waals surface area contributed by atoms with Crippen molar-refractivity contribution < 1.29 is 9.53 Å². The van der Waals surface area contributed by atoms with Crippen LogP contribution >= 0.6 is 0 Å². The van der Waals surface area contributed by atoms with Crippen LogP contribution in [0.4, 0.5) is 0 Å². The minimum absolute atomic E-state index is 0.0923. The molecule has 0 aliphatic heterocycles. The van der Waals surface area contributed by atoms with Crippen LogP contribution in [-0.4, -0.2) is 28.0 Å². The Kier molecular flexibility index (Phi) is 4.72. The summed E-state index contributed by atoms with van der Waals surface area (Å²) >= 11 is 0. The molecule has 7 rings (SSSR count). The molecule has 5 fully saturated rings. The smallest absolute Gasteiger partial charge is 0.252 e. The molecular formula is C29H41N3O2. The molecule has 5 saturated carbocycles. The quantitative estimate of drug-likeness (QED) is 0.551. The normalized spacial score (nSPS) is 48.5. The number of aryl methyl sites for hydroxylation is 1. The predicted molar refractivity (Wildman–Crippen MR) is 131 cm³/mol. The van der Waals surface area contributed by atoms with Crippen LogP contribution in [0.2, 0.25) is 0 Å². The maximum absolute atomic E-state index is 14.2. The summed E-state index contributed by atoms with van der Waals surface area (Å²) in [7, 11) is 1.71. The van der Waals surface area contributed by atoms with E-state index in [2.05, 4.69) is 31.1 Å². The highest BCUT2D eigenvalue weighted by atomic mass is 16.5. The average Bonchev–Trinajstić information content (AvgIpc) is 3.18. The number of nitrogens with zero attached hydrogens (tertiary/aromatic N) is 3. The van der Waals surface area contributed by atoms with Gasteiger partial charge in [-0.05, 0) is 97.2 Å². The van der Waals surface area contributed by atoms with E-state index in [-0.39, 0.29) is 17.2 Å². The third-order valence-corrected chi connectivity index (χ3v) is 12.0. The summed E-state index contributed by atoms with van der Waals surface area (Å²) in [6.45, 7) is 7.38. The van der Waals surface area contributed by atoms with E-state index in [1.165, 1.54) is 44.9 Å². The average molecular weight is 464 g/mol. The van der Waals surface area contributed by atoms with Crippen LogP contribution in [0.1, 0.15) is 88.3 Å². The van der Waals surface area contributed by atoms with Crippen molar-refractivity contribution in [3.63, 3.8) is 0 Å². The molecule has 0 N–H and O–H groups in total. The summed E-state index contributed by atoms with van der Waals surface area (Å²) in [5, 5.41) is 8.83. The van der Waals surface area contributed by atoms with Gasteiger partial charge >= 0.3 is 0 Å². The molecule has 0 amide bonds. The SMILES string of the molecule is COC1=Cc2c(nnn2C(=O)[C@H]2C3[C@H](C4[C@@H]5CC[C@@H]6C[C@@H](C)CC[C@@H]6C5CC[C@@]42C)[C@@H]3C)CC1. The zero-order chi connectivity index (χ0) is 23.4. The van der Waals surface area contributed by atoms with E-state index >= 15 is 0 Å². The van der Waals surface area contributed by atoms with E-state index in [4.69, 9.17) is 4.74 Å². The minimum Gasteiger partial charge on any atom is -0.501 e. The van der Waals surface area contributed by atoms with Crippen LogP contribution in [0, 0.1) is 64.6 Å².